The van der Waals surface area contributed by atoms with Gasteiger partial charge in [-0.15, -0.1) is 0 Å². The SMILES string of the molecule is NCCC(n1ncc2ccccc2c1=O)C(F)(F)F. The molecule has 0 saturated carbocycles. The van der Waals surface area contributed by atoms with Crippen LogP contribution in [0.1, 0.15) is 12.5 Å². The van der Waals surface area contributed by atoms with E-state index in [1.807, 2.05) is 0 Å². The van der Waals surface area contributed by atoms with Crippen molar-refractivity contribution in [2.75, 3.05) is 6.54 Å². The Labute approximate surface area is 106 Å². The molecule has 1 atom stereocenters. The maximum absolute atomic E-state index is 12.9. The van der Waals surface area contributed by atoms with Crippen LogP contribution in [0, 0.1) is 0 Å². The predicted octanol–water partition coefficient (Wildman–Crippen LogP) is 1.85. The molecule has 0 spiro atoms. The number of hydrogen-bond donors (Lipinski definition) is 1. The first-order valence-electron chi connectivity index (χ1n) is 5.68. The molecule has 1 aromatic heterocycles. The molecule has 4 nitrogen and oxygen atoms in total. The standard InChI is InChI=1S/C12H12F3N3O/c13-12(14,15)10(5-6-16)18-11(19)9-4-2-1-3-8(9)7-17-18/h1-4,7,10H,5-6,16H2. The Balaban J connectivity index is 2.61. The Morgan fingerprint density at radius 3 is 2.63 bits per heavy atom. The van der Waals surface area contributed by atoms with Crippen LogP contribution in [0.4, 0.5) is 13.2 Å². The first-order valence-corrected chi connectivity index (χ1v) is 5.68. The minimum atomic E-state index is -4.56. The first-order chi connectivity index (χ1) is 8.95. The van der Waals surface area contributed by atoms with Gasteiger partial charge in [0.15, 0.2) is 6.04 Å². The molecule has 2 rings (SSSR count). The molecule has 1 heterocycles. The highest BCUT2D eigenvalue weighted by atomic mass is 19.4. The van der Waals surface area contributed by atoms with Gasteiger partial charge in [-0.05, 0) is 19.0 Å². The van der Waals surface area contributed by atoms with Crippen molar-refractivity contribution in [1.82, 2.24) is 9.78 Å². The molecule has 0 aliphatic heterocycles. The van der Waals surface area contributed by atoms with Gasteiger partial charge in [-0.3, -0.25) is 4.79 Å². The number of nitrogens with zero attached hydrogens (tertiary/aromatic N) is 2. The third kappa shape index (κ3) is 2.60. The zero-order valence-corrected chi connectivity index (χ0v) is 9.89. The smallest absolute Gasteiger partial charge is 0.330 e. The van der Waals surface area contributed by atoms with E-state index in [0.717, 1.165) is 0 Å². The number of fused-ring (bicyclic) bond motifs is 1. The van der Waals surface area contributed by atoms with E-state index in [9.17, 15) is 18.0 Å². The average Bonchev–Trinajstić information content (AvgIpc) is 2.36. The van der Waals surface area contributed by atoms with Crippen molar-refractivity contribution < 1.29 is 13.2 Å². The van der Waals surface area contributed by atoms with Crippen LogP contribution in [0.3, 0.4) is 0 Å². The topological polar surface area (TPSA) is 60.9 Å². The molecule has 1 unspecified atom stereocenters. The lowest BCUT2D eigenvalue weighted by Crippen LogP contribution is -2.37. The average molecular weight is 271 g/mol. The molecule has 0 saturated heterocycles. The quantitative estimate of drug-likeness (QED) is 0.926. The Kier molecular flexibility index (Phi) is 3.57. The Hall–Kier alpha value is -1.89. The molecule has 0 amide bonds. The van der Waals surface area contributed by atoms with Crippen LogP contribution in [0.2, 0.25) is 0 Å². The summed E-state index contributed by atoms with van der Waals surface area (Å²) in [5.41, 5.74) is 4.43. The fourth-order valence-corrected chi connectivity index (χ4v) is 1.91. The molecule has 0 aliphatic rings. The second kappa shape index (κ2) is 5.00. The van der Waals surface area contributed by atoms with Crippen LogP contribution in [0.25, 0.3) is 10.8 Å². The lowest BCUT2D eigenvalue weighted by Gasteiger charge is -2.21. The van der Waals surface area contributed by atoms with Gasteiger partial charge in [0.2, 0.25) is 0 Å². The molecule has 2 N–H and O–H groups in total. The Morgan fingerprint density at radius 1 is 1.32 bits per heavy atom. The second-order valence-electron chi connectivity index (χ2n) is 4.12. The number of benzene rings is 1. The van der Waals surface area contributed by atoms with E-state index < -0.39 is 17.8 Å². The lowest BCUT2D eigenvalue weighted by molar-refractivity contribution is -0.172. The van der Waals surface area contributed by atoms with E-state index >= 15 is 0 Å². The van der Waals surface area contributed by atoms with Gasteiger partial charge in [0.05, 0.1) is 11.6 Å². The highest BCUT2D eigenvalue weighted by Gasteiger charge is 2.41. The molecule has 0 bridgehead atoms. The zero-order valence-electron chi connectivity index (χ0n) is 9.89. The van der Waals surface area contributed by atoms with Crippen LogP contribution in [-0.2, 0) is 0 Å². The summed E-state index contributed by atoms with van der Waals surface area (Å²) >= 11 is 0. The van der Waals surface area contributed by atoms with Crippen LogP contribution in [0.15, 0.2) is 35.3 Å². The summed E-state index contributed by atoms with van der Waals surface area (Å²) in [5.74, 6) is 0. The van der Waals surface area contributed by atoms with E-state index in [0.29, 0.717) is 10.1 Å². The van der Waals surface area contributed by atoms with Gasteiger partial charge >= 0.3 is 6.18 Å². The third-order valence-corrected chi connectivity index (χ3v) is 2.83. The molecule has 0 aliphatic carbocycles. The molecule has 1 aromatic carbocycles. The monoisotopic (exact) mass is 271 g/mol. The van der Waals surface area contributed by atoms with Crippen molar-refractivity contribution in [3.63, 3.8) is 0 Å². The number of rotatable bonds is 3. The molecule has 0 radical (unpaired) electrons. The summed E-state index contributed by atoms with van der Waals surface area (Å²) in [5, 5.41) is 4.34. The van der Waals surface area contributed by atoms with Gasteiger partial charge in [-0.25, -0.2) is 4.68 Å². The minimum Gasteiger partial charge on any atom is -0.330 e. The van der Waals surface area contributed by atoms with E-state index in [2.05, 4.69) is 5.10 Å². The molecule has 7 heteroatoms. The first kappa shape index (κ1) is 13.5. The lowest BCUT2D eigenvalue weighted by atomic mass is 10.1. The van der Waals surface area contributed by atoms with Crippen LogP contribution < -0.4 is 11.3 Å². The van der Waals surface area contributed by atoms with Gasteiger partial charge < -0.3 is 5.73 Å². The van der Waals surface area contributed by atoms with E-state index in [1.54, 1.807) is 18.2 Å². The number of aromatic nitrogens is 2. The Morgan fingerprint density at radius 2 is 2.00 bits per heavy atom. The molecular weight excluding hydrogens is 259 g/mol. The predicted molar refractivity (Wildman–Crippen MR) is 64.8 cm³/mol. The fraction of sp³-hybridized carbons (Fsp3) is 0.333. The van der Waals surface area contributed by atoms with Crippen LogP contribution >= 0.6 is 0 Å². The number of alkyl halides is 3. The molecular formula is C12H12F3N3O. The van der Waals surface area contributed by atoms with Crippen molar-refractivity contribution in [1.29, 1.82) is 0 Å². The summed E-state index contributed by atoms with van der Waals surface area (Å²) in [6.07, 6.45) is -3.68. The summed E-state index contributed by atoms with van der Waals surface area (Å²) in [6, 6.07) is 4.40. The number of nitrogens with two attached hydrogens (primary N) is 1. The van der Waals surface area contributed by atoms with Crippen molar-refractivity contribution in [2.45, 2.75) is 18.6 Å². The second-order valence-corrected chi connectivity index (χ2v) is 4.12. The minimum absolute atomic E-state index is 0.175. The van der Waals surface area contributed by atoms with Crippen LogP contribution in [-0.4, -0.2) is 22.5 Å². The zero-order chi connectivity index (χ0) is 14.0. The summed E-state index contributed by atoms with van der Waals surface area (Å²) in [6.45, 7) is -0.175. The fourth-order valence-electron chi connectivity index (χ4n) is 1.91. The van der Waals surface area contributed by atoms with E-state index in [4.69, 9.17) is 5.73 Å². The summed E-state index contributed by atoms with van der Waals surface area (Å²) in [4.78, 5) is 12.1. The van der Waals surface area contributed by atoms with E-state index in [-0.39, 0.29) is 18.4 Å². The molecule has 0 fully saturated rings. The van der Waals surface area contributed by atoms with Gasteiger partial charge in [-0.1, -0.05) is 18.2 Å². The molecule has 19 heavy (non-hydrogen) atoms. The number of hydrogen-bond acceptors (Lipinski definition) is 3. The summed E-state index contributed by atoms with van der Waals surface area (Å²) < 4.78 is 39.2. The van der Waals surface area contributed by atoms with Crippen molar-refractivity contribution in [3.05, 3.63) is 40.8 Å². The van der Waals surface area contributed by atoms with Gasteiger partial charge in [0.1, 0.15) is 0 Å². The largest absolute Gasteiger partial charge is 0.411 e. The van der Waals surface area contributed by atoms with Crippen molar-refractivity contribution in [2.24, 2.45) is 5.73 Å². The van der Waals surface area contributed by atoms with Crippen molar-refractivity contribution >= 4 is 10.8 Å². The third-order valence-electron chi connectivity index (χ3n) is 2.83. The highest BCUT2D eigenvalue weighted by Crippen LogP contribution is 2.31. The molecule has 102 valence electrons. The summed E-state index contributed by atoms with van der Waals surface area (Å²) in [7, 11) is 0. The maximum atomic E-state index is 12.9. The Bertz CT molecular complexity index is 636. The van der Waals surface area contributed by atoms with E-state index in [1.165, 1.54) is 12.3 Å². The van der Waals surface area contributed by atoms with Gasteiger partial charge in [-0.2, -0.15) is 18.3 Å². The maximum Gasteiger partial charge on any atom is 0.411 e. The van der Waals surface area contributed by atoms with Gasteiger partial charge in [0, 0.05) is 5.39 Å². The number of halogens is 3. The normalized spacial score (nSPS) is 13.7. The van der Waals surface area contributed by atoms with Crippen molar-refractivity contribution in [3.8, 4) is 0 Å². The van der Waals surface area contributed by atoms with Gasteiger partial charge in [0.25, 0.3) is 5.56 Å². The van der Waals surface area contributed by atoms with Crippen LogP contribution in [0.5, 0.6) is 0 Å². The highest BCUT2D eigenvalue weighted by molar-refractivity contribution is 5.80. The molecule has 2 aromatic rings.